The topological polar surface area (TPSA) is 46.5 Å². The molecule has 20 heavy (non-hydrogen) atoms. The second-order valence-electron chi connectivity index (χ2n) is 6.45. The Balaban J connectivity index is 2.86. The molecule has 0 aliphatic carbocycles. The minimum Gasteiger partial charge on any atom is -0.426 e. The number of esters is 1. The minimum absolute atomic E-state index is 0.106. The zero-order valence-corrected chi connectivity index (χ0v) is 13.4. The molecule has 0 aliphatic rings. The van der Waals surface area contributed by atoms with Gasteiger partial charge in [0.25, 0.3) is 0 Å². The molecule has 112 valence electrons. The predicted molar refractivity (Wildman–Crippen MR) is 80.6 cm³/mol. The molecule has 1 unspecified atom stereocenters. The molecule has 0 fully saturated rings. The van der Waals surface area contributed by atoms with Gasteiger partial charge in [0.2, 0.25) is 0 Å². The van der Waals surface area contributed by atoms with Crippen LogP contribution in [0, 0.1) is 11.3 Å². The summed E-state index contributed by atoms with van der Waals surface area (Å²) in [6.07, 6.45) is 0.728. The van der Waals surface area contributed by atoms with E-state index in [1.54, 1.807) is 19.1 Å². The number of rotatable bonds is 5. The van der Waals surface area contributed by atoms with Crippen molar-refractivity contribution in [3.05, 3.63) is 29.8 Å². The molecule has 0 aromatic heterocycles. The maximum Gasteiger partial charge on any atom is 0.316 e. The highest BCUT2D eigenvalue weighted by molar-refractivity contribution is 5.78. The molecule has 0 amide bonds. The Morgan fingerprint density at radius 2 is 1.70 bits per heavy atom. The molecule has 0 saturated heterocycles. The molecule has 0 spiro atoms. The van der Waals surface area contributed by atoms with Crippen molar-refractivity contribution in [1.82, 2.24) is 0 Å². The van der Waals surface area contributed by atoms with Crippen LogP contribution in [0.3, 0.4) is 0 Å². The highest BCUT2D eigenvalue weighted by Crippen LogP contribution is 2.30. The van der Waals surface area contributed by atoms with Gasteiger partial charge in [-0.05, 0) is 50.8 Å². The number of aliphatic hydroxyl groups is 1. The standard InChI is InChI=1S/C17H26O3/c1-7-16(4,5)15(18)20-14-10-8-13(9-11-14)17(6,19)12(2)3/h8-12,19H,7H2,1-6H3. The second kappa shape index (κ2) is 5.96. The third-order valence-corrected chi connectivity index (χ3v) is 4.21. The number of hydrogen-bond acceptors (Lipinski definition) is 3. The minimum atomic E-state index is -0.884. The molecule has 0 saturated carbocycles. The van der Waals surface area contributed by atoms with Crippen molar-refractivity contribution >= 4 is 5.97 Å². The third-order valence-electron chi connectivity index (χ3n) is 4.21. The quantitative estimate of drug-likeness (QED) is 0.656. The van der Waals surface area contributed by atoms with Crippen LogP contribution in [0.5, 0.6) is 5.75 Å². The van der Waals surface area contributed by atoms with Gasteiger partial charge in [-0.25, -0.2) is 0 Å². The number of carbonyl (C=O) groups is 1. The van der Waals surface area contributed by atoms with E-state index in [1.807, 2.05) is 46.8 Å². The fourth-order valence-electron chi connectivity index (χ4n) is 1.58. The lowest BCUT2D eigenvalue weighted by Crippen LogP contribution is -2.29. The molecule has 1 aromatic carbocycles. The maximum atomic E-state index is 12.0. The van der Waals surface area contributed by atoms with Gasteiger partial charge in [0, 0.05) is 0 Å². The summed E-state index contributed by atoms with van der Waals surface area (Å²) in [6.45, 7) is 11.4. The highest BCUT2D eigenvalue weighted by atomic mass is 16.5. The normalized spacial score (nSPS) is 15.0. The molecule has 1 aromatic rings. The van der Waals surface area contributed by atoms with E-state index in [4.69, 9.17) is 4.74 Å². The van der Waals surface area contributed by atoms with Crippen molar-refractivity contribution in [2.45, 2.75) is 53.6 Å². The SMILES string of the molecule is CCC(C)(C)C(=O)Oc1ccc(C(C)(O)C(C)C)cc1. The van der Waals surface area contributed by atoms with Gasteiger partial charge in [-0.15, -0.1) is 0 Å². The number of ether oxygens (including phenoxy) is 1. The first-order chi connectivity index (χ1) is 9.11. The van der Waals surface area contributed by atoms with Crippen molar-refractivity contribution in [1.29, 1.82) is 0 Å². The van der Waals surface area contributed by atoms with E-state index in [9.17, 15) is 9.90 Å². The molecule has 0 bridgehead atoms. The smallest absolute Gasteiger partial charge is 0.316 e. The van der Waals surface area contributed by atoms with E-state index in [1.165, 1.54) is 0 Å². The first-order valence-corrected chi connectivity index (χ1v) is 7.16. The maximum absolute atomic E-state index is 12.0. The summed E-state index contributed by atoms with van der Waals surface area (Å²) in [7, 11) is 0. The van der Waals surface area contributed by atoms with Crippen LogP contribution in [-0.4, -0.2) is 11.1 Å². The van der Waals surface area contributed by atoms with Gasteiger partial charge >= 0.3 is 5.97 Å². The lowest BCUT2D eigenvalue weighted by atomic mass is 9.85. The third kappa shape index (κ3) is 3.60. The van der Waals surface area contributed by atoms with Gasteiger partial charge in [0.05, 0.1) is 11.0 Å². The van der Waals surface area contributed by atoms with Gasteiger partial charge in [0.1, 0.15) is 5.75 Å². The van der Waals surface area contributed by atoms with Gasteiger partial charge < -0.3 is 9.84 Å². The summed E-state index contributed by atoms with van der Waals surface area (Å²) in [5, 5.41) is 10.4. The first kappa shape index (κ1) is 16.7. The van der Waals surface area contributed by atoms with Crippen molar-refractivity contribution < 1.29 is 14.6 Å². The Morgan fingerprint density at radius 3 is 2.10 bits per heavy atom. The number of benzene rings is 1. The molecule has 3 heteroatoms. The molecule has 0 radical (unpaired) electrons. The number of carbonyl (C=O) groups excluding carboxylic acids is 1. The Kier molecular flexibility index (Phi) is 4.98. The van der Waals surface area contributed by atoms with Crippen LogP contribution >= 0.6 is 0 Å². The average molecular weight is 278 g/mol. The zero-order valence-electron chi connectivity index (χ0n) is 13.4. The molecule has 1 atom stereocenters. The van der Waals surface area contributed by atoms with Crippen molar-refractivity contribution in [3.63, 3.8) is 0 Å². The zero-order chi connectivity index (χ0) is 15.6. The fourth-order valence-corrected chi connectivity index (χ4v) is 1.58. The summed E-state index contributed by atoms with van der Waals surface area (Å²) in [5.74, 6) is 0.387. The Bertz CT molecular complexity index is 456. The molecule has 0 heterocycles. The molecule has 1 rings (SSSR count). The molecular weight excluding hydrogens is 252 g/mol. The van der Waals surface area contributed by atoms with E-state index in [0.29, 0.717) is 5.75 Å². The molecule has 0 aliphatic heterocycles. The van der Waals surface area contributed by atoms with Gasteiger partial charge in [0.15, 0.2) is 0 Å². The van der Waals surface area contributed by atoms with Gasteiger partial charge in [-0.1, -0.05) is 32.9 Å². The summed E-state index contributed by atoms with van der Waals surface area (Å²) >= 11 is 0. The van der Waals surface area contributed by atoms with Crippen LogP contribution < -0.4 is 4.74 Å². The van der Waals surface area contributed by atoms with Crippen LogP contribution in [-0.2, 0) is 10.4 Å². The van der Waals surface area contributed by atoms with Gasteiger partial charge in [-0.3, -0.25) is 4.79 Å². The van der Waals surface area contributed by atoms with E-state index in [-0.39, 0.29) is 11.9 Å². The highest BCUT2D eigenvalue weighted by Gasteiger charge is 2.29. The van der Waals surface area contributed by atoms with E-state index >= 15 is 0 Å². The van der Waals surface area contributed by atoms with Crippen LogP contribution in [0.15, 0.2) is 24.3 Å². The monoisotopic (exact) mass is 278 g/mol. The average Bonchev–Trinajstić information content (AvgIpc) is 2.39. The van der Waals surface area contributed by atoms with Crippen molar-refractivity contribution in [3.8, 4) is 5.75 Å². The van der Waals surface area contributed by atoms with E-state index in [0.717, 1.165) is 12.0 Å². The van der Waals surface area contributed by atoms with Crippen LogP contribution in [0.2, 0.25) is 0 Å². The van der Waals surface area contributed by atoms with Crippen LogP contribution in [0.4, 0.5) is 0 Å². The molecule has 3 nitrogen and oxygen atoms in total. The number of hydrogen-bond donors (Lipinski definition) is 1. The summed E-state index contributed by atoms with van der Waals surface area (Å²) in [6, 6.07) is 7.08. The van der Waals surface area contributed by atoms with Crippen molar-refractivity contribution in [2.24, 2.45) is 11.3 Å². The molecule has 1 N–H and O–H groups in total. The van der Waals surface area contributed by atoms with Gasteiger partial charge in [-0.2, -0.15) is 0 Å². The molecular formula is C17H26O3. The lowest BCUT2D eigenvalue weighted by Gasteiger charge is -2.28. The Morgan fingerprint density at radius 1 is 1.20 bits per heavy atom. The fraction of sp³-hybridized carbons (Fsp3) is 0.588. The Hall–Kier alpha value is -1.35. The lowest BCUT2D eigenvalue weighted by molar-refractivity contribution is -0.144. The predicted octanol–water partition coefficient (Wildman–Crippen LogP) is 3.89. The van der Waals surface area contributed by atoms with Crippen LogP contribution in [0.1, 0.15) is 53.5 Å². The van der Waals surface area contributed by atoms with Crippen LogP contribution in [0.25, 0.3) is 0 Å². The first-order valence-electron chi connectivity index (χ1n) is 7.16. The van der Waals surface area contributed by atoms with E-state index in [2.05, 4.69) is 0 Å². The van der Waals surface area contributed by atoms with Crippen molar-refractivity contribution in [2.75, 3.05) is 0 Å². The summed E-state index contributed by atoms with van der Waals surface area (Å²) in [5.41, 5.74) is -0.546. The Labute approximate surface area is 122 Å². The summed E-state index contributed by atoms with van der Waals surface area (Å²) < 4.78 is 5.38. The summed E-state index contributed by atoms with van der Waals surface area (Å²) in [4.78, 5) is 12.0. The van der Waals surface area contributed by atoms with E-state index < -0.39 is 11.0 Å². The largest absolute Gasteiger partial charge is 0.426 e. The second-order valence-corrected chi connectivity index (χ2v) is 6.45.